The molecule has 2 unspecified atom stereocenters. The molecule has 4 aromatic rings. The molecule has 4 aromatic heterocycles. The van der Waals surface area contributed by atoms with Gasteiger partial charge < -0.3 is 25.1 Å². The summed E-state index contributed by atoms with van der Waals surface area (Å²) in [5.74, 6) is 18.5. The molecule has 0 amide bonds. The summed E-state index contributed by atoms with van der Waals surface area (Å²) in [4.78, 5) is 35.3. The molecule has 13 heteroatoms. The summed E-state index contributed by atoms with van der Waals surface area (Å²) in [5.41, 5.74) is 1.99. The van der Waals surface area contributed by atoms with E-state index < -0.39 is 12.5 Å². The Bertz CT molecular complexity index is 1540. The first-order valence-corrected chi connectivity index (χ1v) is 14.6. The van der Waals surface area contributed by atoms with Crippen LogP contribution in [-0.2, 0) is 0 Å². The number of hydrogen-bond acceptors (Lipinski definition) is 13. The van der Waals surface area contributed by atoms with Gasteiger partial charge in [0.25, 0.3) is 0 Å². The summed E-state index contributed by atoms with van der Waals surface area (Å²) in [7, 11) is 0. The minimum absolute atomic E-state index is 0.0659. The third-order valence-electron chi connectivity index (χ3n) is 5.73. The maximum atomic E-state index is 10.1. The first-order chi connectivity index (χ1) is 22.6. The Labute approximate surface area is 268 Å². The normalized spacial score (nSPS) is 14.5. The molecule has 2 atom stereocenters. The minimum atomic E-state index is -1.10. The quantitative estimate of drug-likeness (QED) is 0.278. The first-order valence-electron chi connectivity index (χ1n) is 14.6. The number of aromatic nitrogens is 8. The summed E-state index contributed by atoms with van der Waals surface area (Å²) < 4.78 is 0. The molecule has 5 rings (SSSR count). The van der Waals surface area contributed by atoms with Crippen molar-refractivity contribution in [2.45, 2.75) is 58.4 Å². The maximum absolute atomic E-state index is 10.1. The van der Waals surface area contributed by atoms with Crippen molar-refractivity contribution in [2.24, 2.45) is 0 Å². The summed E-state index contributed by atoms with van der Waals surface area (Å²) >= 11 is 0. The predicted molar refractivity (Wildman–Crippen MR) is 172 cm³/mol. The molecular weight excluding hydrogens is 584 g/mol. The Kier molecular flexibility index (Phi) is 15.5. The molecule has 1 aliphatic heterocycles. The fourth-order valence-electron chi connectivity index (χ4n) is 3.56. The van der Waals surface area contributed by atoms with Crippen LogP contribution in [0.2, 0.25) is 0 Å². The average Bonchev–Trinajstić information content (AvgIpc) is 3.40. The number of aliphatic hydroxyl groups is 3. The van der Waals surface area contributed by atoms with Crippen LogP contribution in [0.15, 0.2) is 68.2 Å². The predicted octanol–water partition coefficient (Wildman–Crippen LogP) is 2.18. The van der Waals surface area contributed by atoms with Crippen molar-refractivity contribution >= 4 is 11.6 Å². The fourth-order valence-corrected chi connectivity index (χ4v) is 3.56. The number of rotatable bonds is 5. The van der Waals surface area contributed by atoms with Crippen LogP contribution in [0.4, 0.5) is 11.6 Å². The van der Waals surface area contributed by atoms with Gasteiger partial charge in [-0.1, -0.05) is 31.6 Å². The molecule has 13 nitrogen and oxygen atoms in total. The number of nitrogens with zero attached hydrogens (tertiary/aromatic N) is 10. The fraction of sp³-hybridized carbons (Fsp3) is 0.333. The summed E-state index contributed by atoms with van der Waals surface area (Å²) in [6, 6.07) is 0. The minimum Gasteiger partial charge on any atom is -0.395 e. The van der Waals surface area contributed by atoms with Gasteiger partial charge in [-0.3, -0.25) is 19.9 Å². The topological polar surface area (TPSA) is 170 Å². The first kappa shape index (κ1) is 35.0. The van der Waals surface area contributed by atoms with Crippen LogP contribution in [0.1, 0.15) is 63.0 Å². The van der Waals surface area contributed by atoms with Gasteiger partial charge in [-0.25, -0.2) is 19.9 Å². The van der Waals surface area contributed by atoms with Gasteiger partial charge >= 0.3 is 0 Å². The third-order valence-corrected chi connectivity index (χ3v) is 5.73. The zero-order valence-electron chi connectivity index (χ0n) is 25.8. The zero-order chi connectivity index (χ0) is 32.8. The van der Waals surface area contributed by atoms with Gasteiger partial charge in [0, 0.05) is 56.4 Å². The lowest BCUT2D eigenvalue weighted by Crippen LogP contribution is -2.37. The van der Waals surface area contributed by atoms with E-state index in [-0.39, 0.29) is 13.3 Å². The standard InChI is InChI=1S/C13H14N2O.C11H12N6O2.C9H10N2/c1-2-3-4-7-12-10-14-11-13(15-12)8-5-6-9-16;18-10-11(19)17(9-6-13-2-4-15-9)7-16(10)8-5-12-1-3-14-8;1-2-3-4-5-9-8-10-6-7-11-9/h10-11,16H,2-3,6,9H2,1H3;1-6,10-11,18-19H,7H2;6-8H,2-3H2,1H3. The van der Waals surface area contributed by atoms with Gasteiger partial charge in [0.2, 0.25) is 0 Å². The Morgan fingerprint density at radius 3 is 1.50 bits per heavy atom. The molecule has 0 aromatic carbocycles. The smallest absolute Gasteiger partial charge is 0.175 e. The zero-order valence-corrected chi connectivity index (χ0v) is 25.8. The molecule has 236 valence electrons. The Morgan fingerprint density at radius 1 is 0.609 bits per heavy atom. The maximum Gasteiger partial charge on any atom is 0.175 e. The Morgan fingerprint density at radius 2 is 1.07 bits per heavy atom. The number of aliphatic hydroxyl groups excluding tert-OH is 3. The second kappa shape index (κ2) is 20.4. The van der Waals surface area contributed by atoms with Gasteiger partial charge in [0.05, 0.1) is 44.3 Å². The van der Waals surface area contributed by atoms with Gasteiger partial charge in [-0.05, 0) is 30.6 Å². The lowest BCUT2D eigenvalue weighted by atomic mass is 10.3. The van der Waals surface area contributed by atoms with E-state index in [9.17, 15) is 10.2 Å². The molecule has 1 aliphatic rings. The number of anilines is 2. The van der Waals surface area contributed by atoms with E-state index in [0.29, 0.717) is 29.4 Å². The van der Waals surface area contributed by atoms with Crippen molar-refractivity contribution in [1.82, 2.24) is 39.9 Å². The monoisotopic (exact) mass is 620 g/mol. The second-order valence-corrected chi connectivity index (χ2v) is 9.29. The summed E-state index contributed by atoms with van der Waals surface area (Å²) in [6.07, 6.45) is 19.5. The van der Waals surface area contributed by atoms with E-state index in [1.54, 1.807) is 43.4 Å². The number of hydrogen-bond donors (Lipinski definition) is 3. The van der Waals surface area contributed by atoms with Crippen molar-refractivity contribution in [3.63, 3.8) is 0 Å². The van der Waals surface area contributed by atoms with E-state index in [0.717, 1.165) is 31.4 Å². The molecule has 0 spiro atoms. The summed E-state index contributed by atoms with van der Waals surface area (Å²) in [6.45, 7) is 4.50. The Balaban J connectivity index is 0.000000195. The highest BCUT2D eigenvalue weighted by molar-refractivity contribution is 5.47. The van der Waals surface area contributed by atoms with Crippen LogP contribution in [0.3, 0.4) is 0 Å². The SMILES string of the molecule is CCCC#Cc1cncc(C#CCCO)n1.CCCC#Cc1cnccn1.OC1C(O)N(c2cnccn2)CN1c1cnccn1. The van der Waals surface area contributed by atoms with E-state index in [4.69, 9.17) is 5.11 Å². The van der Waals surface area contributed by atoms with Crippen LogP contribution >= 0.6 is 0 Å². The largest absolute Gasteiger partial charge is 0.395 e. The van der Waals surface area contributed by atoms with Crippen LogP contribution in [0.5, 0.6) is 0 Å². The highest BCUT2D eigenvalue weighted by atomic mass is 16.4. The van der Waals surface area contributed by atoms with Crippen molar-refractivity contribution < 1.29 is 15.3 Å². The van der Waals surface area contributed by atoms with Crippen molar-refractivity contribution in [2.75, 3.05) is 23.1 Å². The summed E-state index contributed by atoms with van der Waals surface area (Å²) in [5, 5.41) is 28.7. The van der Waals surface area contributed by atoms with E-state index in [1.807, 2.05) is 0 Å². The second-order valence-electron chi connectivity index (χ2n) is 9.29. The third kappa shape index (κ3) is 11.9. The molecule has 0 radical (unpaired) electrons. The van der Waals surface area contributed by atoms with Gasteiger partial charge in [0.1, 0.15) is 17.1 Å². The molecule has 1 fully saturated rings. The molecule has 0 bridgehead atoms. The van der Waals surface area contributed by atoms with Crippen LogP contribution < -0.4 is 9.80 Å². The average molecular weight is 621 g/mol. The molecule has 0 aliphatic carbocycles. The van der Waals surface area contributed by atoms with Crippen LogP contribution in [0, 0.1) is 35.5 Å². The molecule has 3 N–H and O–H groups in total. The van der Waals surface area contributed by atoms with Gasteiger partial charge in [0.15, 0.2) is 24.1 Å². The molecule has 1 saturated heterocycles. The number of unbranched alkanes of at least 4 members (excludes halogenated alkanes) is 2. The highest BCUT2D eigenvalue weighted by Gasteiger charge is 2.39. The van der Waals surface area contributed by atoms with E-state index >= 15 is 0 Å². The van der Waals surface area contributed by atoms with Gasteiger partial charge in [-0.2, -0.15) is 0 Å². The highest BCUT2D eigenvalue weighted by Crippen LogP contribution is 2.26. The lowest BCUT2D eigenvalue weighted by Gasteiger charge is -2.19. The van der Waals surface area contributed by atoms with Gasteiger partial charge in [-0.15, -0.1) is 0 Å². The van der Waals surface area contributed by atoms with Crippen LogP contribution in [0.25, 0.3) is 0 Å². The lowest BCUT2D eigenvalue weighted by molar-refractivity contribution is 0.0454. The Hall–Kier alpha value is -5.52. The molecular formula is C33H36N10O3. The van der Waals surface area contributed by atoms with Crippen molar-refractivity contribution in [1.29, 1.82) is 0 Å². The van der Waals surface area contributed by atoms with Crippen molar-refractivity contribution in [3.8, 4) is 35.5 Å². The van der Waals surface area contributed by atoms with Crippen molar-refractivity contribution in [3.05, 3.63) is 85.2 Å². The van der Waals surface area contributed by atoms with E-state index in [2.05, 4.69) is 89.2 Å². The molecule has 46 heavy (non-hydrogen) atoms. The molecule has 5 heterocycles. The van der Waals surface area contributed by atoms with E-state index in [1.165, 1.54) is 34.6 Å². The molecule has 0 saturated carbocycles. The van der Waals surface area contributed by atoms with Crippen LogP contribution in [-0.4, -0.2) is 80.9 Å².